The first-order valence-corrected chi connectivity index (χ1v) is 8.71. The van der Waals surface area contributed by atoms with Crippen molar-refractivity contribution in [3.63, 3.8) is 0 Å². The average molecular weight is 315 g/mol. The molecule has 1 aliphatic heterocycles. The quantitative estimate of drug-likeness (QED) is 0.641. The van der Waals surface area contributed by atoms with Crippen LogP contribution in [0.3, 0.4) is 0 Å². The molecule has 0 bridgehead atoms. The van der Waals surface area contributed by atoms with E-state index in [0.717, 1.165) is 48.7 Å². The van der Waals surface area contributed by atoms with Crippen molar-refractivity contribution in [2.45, 2.75) is 19.0 Å². The molecule has 0 spiro atoms. The van der Waals surface area contributed by atoms with Crippen molar-refractivity contribution >= 4 is 23.4 Å². The lowest BCUT2D eigenvalue weighted by Gasteiger charge is -2.36. The number of hydrogen-bond donors (Lipinski definition) is 0. The van der Waals surface area contributed by atoms with E-state index >= 15 is 0 Å². The van der Waals surface area contributed by atoms with Gasteiger partial charge in [-0.3, -0.25) is 0 Å². The van der Waals surface area contributed by atoms with E-state index in [4.69, 9.17) is 4.98 Å². The van der Waals surface area contributed by atoms with Crippen LogP contribution in [-0.2, 0) is 0 Å². The van der Waals surface area contributed by atoms with Crippen molar-refractivity contribution in [1.29, 1.82) is 0 Å². The minimum Gasteiger partial charge on any atom is -0.353 e. The van der Waals surface area contributed by atoms with Gasteiger partial charge in [0, 0.05) is 43.6 Å². The van der Waals surface area contributed by atoms with E-state index in [9.17, 15) is 0 Å². The van der Waals surface area contributed by atoms with Crippen LogP contribution < -0.4 is 9.80 Å². The van der Waals surface area contributed by atoms with Crippen LogP contribution in [0.5, 0.6) is 0 Å². The first-order valence-electron chi connectivity index (χ1n) is 7.49. The maximum atomic E-state index is 4.72. The van der Waals surface area contributed by atoms with Gasteiger partial charge in [0.25, 0.3) is 0 Å². The van der Waals surface area contributed by atoms with Crippen molar-refractivity contribution in [3.05, 3.63) is 35.7 Å². The van der Waals surface area contributed by atoms with Crippen LogP contribution in [0, 0.1) is 13.8 Å². The van der Waals surface area contributed by atoms with Gasteiger partial charge in [0.2, 0.25) is 0 Å². The van der Waals surface area contributed by atoms with Gasteiger partial charge in [-0.25, -0.2) is 15.0 Å². The number of piperazine rings is 1. The lowest BCUT2D eigenvalue weighted by atomic mass is 10.2. The molecule has 0 aromatic carbocycles. The molecule has 22 heavy (non-hydrogen) atoms. The predicted molar refractivity (Wildman–Crippen MR) is 92.0 cm³/mol. The number of hydrogen-bond acceptors (Lipinski definition) is 6. The van der Waals surface area contributed by atoms with E-state index in [2.05, 4.69) is 39.7 Å². The second-order valence-corrected chi connectivity index (χ2v) is 6.18. The Morgan fingerprint density at radius 3 is 2.36 bits per heavy atom. The molecule has 0 unspecified atom stereocenters. The summed E-state index contributed by atoms with van der Waals surface area (Å²) < 4.78 is 0. The molecule has 3 heterocycles. The Kier molecular flexibility index (Phi) is 4.47. The van der Waals surface area contributed by atoms with Crippen LogP contribution in [0.4, 0.5) is 11.6 Å². The number of pyridine rings is 1. The molecule has 0 N–H and O–H groups in total. The first-order chi connectivity index (χ1) is 10.7. The van der Waals surface area contributed by atoms with Gasteiger partial charge < -0.3 is 9.80 Å². The number of rotatable bonds is 3. The number of aromatic nitrogens is 3. The Morgan fingerprint density at radius 1 is 1.00 bits per heavy atom. The van der Waals surface area contributed by atoms with Crippen molar-refractivity contribution in [2.24, 2.45) is 0 Å². The second-order valence-electron chi connectivity index (χ2n) is 5.41. The van der Waals surface area contributed by atoms with E-state index in [1.54, 1.807) is 11.8 Å². The van der Waals surface area contributed by atoms with Gasteiger partial charge in [0.05, 0.1) is 0 Å². The minimum atomic E-state index is 0.852. The van der Waals surface area contributed by atoms with E-state index in [1.165, 1.54) is 5.56 Å². The Bertz CT molecular complexity index is 638. The van der Waals surface area contributed by atoms with Crippen molar-refractivity contribution < 1.29 is 0 Å². The molecule has 1 saturated heterocycles. The zero-order valence-electron chi connectivity index (χ0n) is 13.3. The molecular formula is C16H21N5S. The molecule has 1 fully saturated rings. The highest BCUT2D eigenvalue weighted by Crippen LogP contribution is 2.24. The van der Waals surface area contributed by atoms with Crippen LogP contribution in [0.25, 0.3) is 0 Å². The number of aryl methyl sites for hydroxylation is 1. The first kappa shape index (κ1) is 15.1. The van der Waals surface area contributed by atoms with Gasteiger partial charge in [-0.15, -0.1) is 0 Å². The molecule has 1 aliphatic rings. The topological polar surface area (TPSA) is 45.2 Å². The van der Waals surface area contributed by atoms with Crippen molar-refractivity contribution in [3.8, 4) is 0 Å². The summed E-state index contributed by atoms with van der Waals surface area (Å²) in [6, 6.07) is 6.07. The highest BCUT2D eigenvalue weighted by Gasteiger charge is 2.21. The Balaban J connectivity index is 1.75. The van der Waals surface area contributed by atoms with Crippen molar-refractivity contribution in [2.75, 3.05) is 42.2 Å². The van der Waals surface area contributed by atoms with Gasteiger partial charge >= 0.3 is 0 Å². The fourth-order valence-electron chi connectivity index (χ4n) is 2.68. The molecule has 0 aliphatic carbocycles. The summed E-state index contributed by atoms with van der Waals surface area (Å²) in [4.78, 5) is 18.4. The molecule has 2 aromatic heterocycles. The third kappa shape index (κ3) is 3.02. The predicted octanol–water partition coefficient (Wildman–Crippen LogP) is 2.54. The summed E-state index contributed by atoms with van der Waals surface area (Å²) in [6.07, 6.45) is 3.87. The zero-order valence-corrected chi connectivity index (χ0v) is 14.1. The highest BCUT2D eigenvalue weighted by atomic mass is 32.2. The summed E-state index contributed by atoms with van der Waals surface area (Å²) in [5.41, 5.74) is 2.26. The largest absolute Gasteiger partial charge is 0.353 e. The third-order valence-electron chi connectivity index (χ3n) is 4.08. The van der Waals surface area contributed by atoms with Gasteiger partial charge in [0.15, 0.2) is 5.16 Å². The van der Waals surface area contributed by atoms with Crippen LogP contribution in [0.15, 0.2) is 29.6 Å². The highest BCUT2D eigenvalue weighted by molar-refractivity contribution is 7.98. The fraction of sp³-hybridized carbons (Fsp3) is 0.438. The molecule has 116 valence electrons. The average Bonchev–Trinajstić information content (AvgIpc) is 2.58. The summed E-state index contributed by atoms with van der Waals surface area (Å²) in [5, 5.41) is 0.852. The molecule has 6 heteroatoms. The second kappa shape index (κ2) is 6.52. The van der Waals surface area contributed by atoms with Gasteiger partial charge in [-0.05, 0) is 32.2 Å². The standard InChI is InChI=1S/C16H21N5S/c1-12-13(2)18-16(22-3)19-15(12)21-10-8-20(9-11-21)14-6-4-5-7-17-14/h4-7H,8-11H2,1-3H3. The summed E-state index contributed by atoms with van der Waals surface area (Å²) >= 11 is 1.60. The lowest BCUT2D eigenvalue weighted by molar-refractivity contribution is 0.635. The maximum Gasteiger partial charge on any atom is 0.189 e. The molecule has 0 saturated carbocycles. The number of anilines is 2. The molecular weight excluding hydrogens is 294 g/mol. The zero-order chi connectivity index (χ0) is 15.5. The summed E-state index contributed by atoms with van der Waals surface area (Å²) in [5.74, 6) is 2.14. The van der Waals surface area contributed by atoms with E-state index < -0.39 is 0 Å². The summed E-state index contributed by atoms with van der Waals surface area (Å²) in [7, 11) is 0. The molecule has 0 amide bonds. The van der Waals surface area contributed by atoms with E-state index in [-0.39, 0.29) is 0 Å². The number of nitrogens with zero attached hydrogens (tertiary/aromatic N) is 5. The molecule has 3 rings (SSSR count). The number of thioether (sulfide) groups is 1. The van der Waals surface area contributed by atoms with Crippen LogP contribution in [0.2, 0.25) is 0 Å². The van der Waals surface area contributed by atoms with Crippen molar-refractivity contribution in [1.82, 2.24) is 15.0 Å². The minimum absolute atomic E-state index is 0.852. The molecule has 0 radical (unpaired) electrons. The summed E-state index contributed by atoms with van der Waals surface area (Å²) in [6.45, 7) is 8.02. The van der Waals surface area contributed by atoms with Gasteiger partial charge in [0.1, 0.15) is 11.6 Å². The van der Waals surface area contributed by atoms with Crippen LogP contribution >= 0.6 is 11.8 Å². The van der Waals surface area contributed by atoms with E-state index in [0.29, 0.717) is 0 Å². The third-order valence-corrected chi connectivity index (χ3v) is 4.63. The van der Waals surface area contributed by atoms with Gasteiger partial charge in [-0.2, -0.15) is 0 Å². The Labute approximate surface area is 135 Å². The maximum absolute atomic E-state index is 4.72. The van der Waals surface area contributed by atoms with E-state index in [1.807, 2.05) is 24.6 Å². The monoisotopic (exact) mass is 315 g/mol. The fourth-order valence-corrected chi connectivity index (χ4v) is 3.08. The SMILES string of the molecule is CSc1nc(C)c(C)c(N2CCN(c3ccccn3)CC2)n1. The van der Waals surface area contributed by atoms with Crippen LogP contribution in [0.1, 0.15) is 11.3 Å². The smallest absolute Gasteiger partial charge is 0.189 e. The lowest BCUT2D eigenvalue weighted by Crippen LogP contribution is -2.47. The normalized spacial score (nSPS) is 15.2. The molecule has 5 nitrogen and oxygen atoms in total. The molecule has 0 atom stereocenters. The van der Waals surface area contributed by atoms with Gasteiger partial charge in [-0.1, -0.05) is 17.8 Å². The Morgan fingerprint density at radius 2 is 1.73 bits per heavy atom. The molecule has 2 aromatic rings. The van der Waals surface area contributed by atoms with Crippen LogP contribution in [-0.4, -0.2) is 47.4 Å². The Hall–Kier alpha value is -1.82.